The number of amides is 2. The van der Waals surface area contributed by atoms with Gasteiger partial charge in [0.1, 0.15) is 11.4 Å². The third-order valence-corrected chi connectivity index (χ3v) is 8.69. The van der Waals surface area contributed by atoms with Crippen LogP contribution in [0, 0.1) is 5.82 Å². The Morgan fingerprint density at radius 3 is 1.90 bits per heavy atom. The van der Waals surface area contributed by atoms with Crippen LogP contribution in [0.25, 0.3) is 0 Å². The maximum Gasteiger partial charge on any atom is 0.314 e. The molecule has 2 heterocycles. The van der Waals surface area contributed by atoms with Gasteiger partial charge in [-0.15, -0.1) is 0 Å². The molecular weight excluding hydrogens is 523 g/mol. The first-order valence-corrected chi connectivity index (χ1v) is 13.9. The number of hydrogen-bond acceptors (Lipinski definition) is 5. The van der Waals surface area contributed by atoms with Crippen molar-refractivity contribution in [2.45, 2.75) is 30.2 Å². The Morgan fingerprint density at radius 2 is 1.37 bits per heavy atom. The van der Waals surface area contributed by atoms with E-state index in [4.69, 9.17) is 5.73 Å². The Labute approximate surface area is 239 Å². The Balaban J connectivity index is 1.46. The minimum atomic E-state index is -1.37. The first kappa shape index (κ1) is 28.3. The normalized spacial score (nSPS) is 18.9. The van der Waals surface area contributed by atoms with Gasteiger partial charge in [-0.3, -0.25) is 19.3 Å². The molecule has 0 radical (unpaired) electrons. The fourth-order valence-electron chi connectivity index (χ4n) is 6.43. The highest BCUT2D eigenvalue weighted by Crippen LogP contribution is 2.43. The highest BCUT2D eigenvalue weighted by atomic mass is 19.1. The van der Waals surface area contributed by atoms with Gasteiger partial charge in [0.15, 0.2) is 0 Å². The number of carbonyl (C=O) groups excluding carboxylic acids is 2. The van der Waals surface area contributed by atoms with E-state index in [0.29, 0.717) is 44.8 Å². The lowest BCUT2D eigenvalue weighted by molar-refractivity contribution is -0.154. The average molecular weight is 559 g/mol. The number of benzene rings is 3. The van der Waals surface area contributed by atoms with E-state index in [0.717, 1.165) is 11.3 Å². The second kappa shape index (κ2) is 11.7. The van der Waals surface area contributed by atoms with E-state index in [1.54, 1.807) is 17.0 Å². The molecule has 0 aromatic heterocycles. The molecule has 3 N–H and O–H groups in total. The maximum atomic E-state index is 14.6. The highest BCUT2D eigenvalue weighted by Gasteiger charge is 2.53. The Kier molecular flexibility index (Phi) is 8.08. The molecule has 2 saturated heterocycles. The number of halogens is 1. The molecule has 2 fully saturated rings. The van der Waals surface area contributed by atoms with E-state index >= 15 is 0 Å². The van der Waals surface area contributed by atoms with Crippen LogP contribution in [0.4, 0.5) is 10.1 Å². The van der Waals surface area contributed by atoms with Gasteiger partial charge in [0.25, 0.3) is 0 Å². The number of nitrogens with two attached hydrogens (primary N) is 1. The van der Waals surface area contributed by atoms with Crippen LogP contribution < -0.4 is 10.6 Å². The van der Waals surface area contributed by atoms with Crippen molar-refractivity contribution >= 4 is 23.5 Å². The lowest BCUT2D eigenvalue weighted by atomic mass is 9.71. The van der Waals surface area contributed by atoms with Crippen LogP contribution >= 0.6 is 0 Å². The minimum absolute atomic E-state index is 0.219. The van der Waals surface area contributed by atoms with E-state index in [2.05, 4.69) is 4.90 Å². The standard InChI is InChI=1S/C32H35FN4O4/c33-26-11-13-27(14-12-26)35-19-21-36(22-20-35)29(39)32(23-28(34)38,25-9-5-2-6-10-25)37-17-15-31(16-18-37,30(40)41)24-7-3-1-4-8-24/h1-14H,15-23H2,(H2,34,38)(H,40,41). The van der Waals surface area contributed by atoms with Crippen LogP contribution in [-0.2, 0) is 25.3 Å². The number of carboxylic acid groups (broad SMARTS) is 1. The van der Waals surface area contributed by atoms with Gasteiger partial charge >= 0.3 is 5.97 Å². The van der Waals surface area contributed by atoms with Crippen molar-refractivity contribution in [1.29, 1.82) is 0 Å². The Bertz CT molecular complexity index is 1370. The number of piperazine rings is 1. The van der Waals surface area contributed by atoms with Crippen molar-refractivity contribution in [2.75, 3.05) is 44.2 Å². The maximum absolute atomic E-state index is 14.6. The largest absolute Gasteiger partial charge is 0.481 e. The van der Waals surface area contributed by atoms with Gasteiger partial charge in [-0.25, -0.2) is 4.39 Å². The molecule has 9 heteroatoms. The van der Waals surface area contributed by atoms with Crippen LogP contribution in [0.2, 0.25) is 0 Å². The summed E-state index contributed by atoms with van der Waals surface area (Å²) >= 11 is 0. The second-order valence-corrected chi connectivity index (χ2v) is 10.9. The molecule has 8 nitrogen and oxygen atoms in total. The summed E-state index contributed by atoms with van der Waals surface area (Å²) < 4.78 is 13.4. The third kappa shape index (κ3) is 5.41. The predicted octanol–water partition coefficient (Wildman–Crippen LogP) is 3.36. The van der Waals surface area contributed by atoms with Gasteiger partial charge in [-0.2, -0.15) is 0 Å². The van der Waals surface area contributed by atoms with Gasteiger partial charge < -0.3 is 20.6 Å². The molecule has 5 rings (SSSR count). The highest BCUT2D eigenvalue weighted by molar-refractivity contribution is 5.93. The van der Waals surface area contributed by atoms with Gasteiger partial charge in [0.2, 0.25) is 11.8 Å². The fourth-order valence-corrected chi connectivity index (χ4v) is 6.43. The van der Waals surface area contributed by atoms with Gasteiger partial charge in [0, 0.05) is 45.0 Å². The number of rotatable bonds is 8. The number of nitrogens with zero attached hydrogens (tertiary/aromatic N) is 3. The van der Waals surface area contributed by atoms with E-state index in [1.807, 2.05) is 65.6 Å². The molecule has 3 aromatic carbocycles. The zero-order chi connectivity index (χ0) is 29.0. The summed E-state index contributed by atoms with van der Waals surface area (Å²) in [6.45, 7) is 2.53. The summed E-state index contributed by atoms with van der Waals surface area (Å²) in [7, 11) is 0. The molecule has 0 bridgehead atoms. The zero-order valence-corrected chi connectivity index (χ0v) is 22.9. The van der Waals surface area contributed by atoms with Crippen LogP contribution in [0.1, 0.15) is 30.4 Å². The van der Waals surface area contributed by atoms with E-state index in [9.17, 15) is 23.9 Å². The van der Waals surface area contributed by atoms with Gasteiger partial charge in [-0.05, 0) is 48.2 Å². The molecule has 41 heavy (non-hydrogen) atoms. The zero-order valence-electron chi connectivity index (χ0n) is 22.9. The van der Waals surface area contributed by atoms with Crippen molar-refractivity contribution in [3.05, 3.63) is 102 Å². The number of carbonyl (C=O) groups is 3. The molecule has 3 aromatic rings. The van der Waals surface area contributed by atoms with Crippen molar-refractivity contribution in [3.63, 3.8) is 0 Å². The molecular formula is C32H35FN4O4. The first-order valence-electron chi connectivity index (χ1n) is 13.9. The van der Waals surface area contributed by atoms with Crippen LogP contribution in [0.5, 0.6) is 0 Å². The lowest BCUT2D eigenvalue weighted by Gasteiger charge is -2.50. The van der Waals surface area contributed by atoms with Crippen molar-refractivity contribution in [2.24, 2.45) is 5.73 Å². The van der Waals surface area contributed by atoms with E-state index in [-0.39, 0.29) is 31.0 Å². The average Bonchev–Trinajstić information content (AvgIpc) is 3.01. The Hall–Kier alpha value is -4.24. The predicted molar refractivity (Wildman–Crippen MR) is 154 cm³/mol. The van der Waals surface area contributed by atoms with Crippen molar-refractivity contribution in [3.8, 4) is 0 Å². The van der Waals surface area contributed by atoms with Crippen LogP contribution in [0.15, 0.2) is 84.9 Å². The summed E-state index contributed by atoms with van der Waals surface area (Å²) in [6.07, 6.45) is 0.343. The number of aliphatic carboxylic acids is 1. The summed E-state index contributed by atoms with van der Waals surface area (Å²) in [5.74, 6) is -2.02. The molecule has 2 amide bonds. The molecule has 214 valence electrons. The molecule has 1 unspecified atom stereocenters. The van der Waals surface area contributed by atoms with Crippen molar-refractivity contribution in [1.82, 2.24) is 9.80 Å². The molecule has 2 aliphatic heterocycles. The monoisotopic (exact) mass is 558 g/mol. The number of piperidine rings is 1. The van der Waals surface area contributed by atoms with E-state index in [1.165, 1.54) is 12.1 Å². The number of anilines is 1. The lowest BCUT2D eigenvalue weighted by Crippen LogP contribution is -2.64. The number of likely N-dealkylation sites (tertiary alicyclic amines) is 1. The van der Waals surface area contributed by atoms with Crippen LogP contribution in [-0.4, -0.2) is 72.0 Å². The van der Waals surface area contributed by atoms with Gasteiger partial charge in [-0.1, -0.05) is 60.7 Å². The number of carboxylic acids is 1. The fraction of sp³-hybridized carbons (Fsp3) is 0.344. The summed E-state index contributed by atoms with van der Waals surface area (Å²) in [6, 6.07) is 24.7. The second-order valence-electron chi connectivity index (χ2n) is 10.9. The van der Waals surface area contributed by atoms with Crippen molar-refractivity contribution < 1.29 is 23.9 Å². The summed E-state index contributed by atoms with van der Waals surface area (Å²) in [5.41, 5.74) is 5.64. The summed E-state index contributed by atoms with van der Waals surface area (Å²) in [5, 5.41) is 10.3. The molecule has 2 aliphatic rings. The molecule has 0 saturated carbocycles. The molecule has 0 aliphatic carbocycles. The summed E-state index contributed by atoms with van der Waals surface area (Å²) in [4.78, 5) is 45.7. The molecule has 0 spiro atoms. The SMILES string of the molecule is NC(=O)CC(C(=O)N1CCN(c2ccc(F)cc2)CC1)(c1ccccc1)N1CCC(C(=O)O)(c2ccccc2)CC1. The third-order valence-electron chi connectivity index (χ3n) is 8.69. The van der Waals surface area contributed by atoms with Crippen LogP contribution in [0.3, 0.4) is 0 Å². The van der Waals surface area contributed by atoms with E-state index < -0.39 is 22.8 Å². The smallest absolute Gasteiger partial charge is 0.314 e. The quantitative estimate of drug-likeness (QED) is 0.439. The first-order chi connectivity index (χ1) is 19.8. The Morgan fingerprint density at radius 1 is 0.805 bits per heavy atom. The number of primary amides is 1. The molecule has 1 atom stereocenters. The van der Waals surface area contributed by atoms with Gasteiger partial charge in [0.05, 0.1) is 11.8 Å². The topological polar surface area (TPSA) is 107 Å². The number of hydrogen-bond donors (Lipinski definition) is 2. The minimum Gasteiger partial charge on any atom is -0.481 e.